The normalized spacial score (nSPS) is 10.4. The Morgan fingerprint density at radius 1 is 1.09 bits per heavy atom. The highest BCUT2D eigenvalue weighted by molar-refractivity contribution is 5.74. The van der Waals surface area contributed by atoms with Crippen LogP contribution in [-0.4, -0.2) is 11.3 Å². The summed E-state index contributed by atoms with van der Waals surface area (Å²) in [5, 5.41) is 2.96. The first-order valence-corrected chi connectivity index (χ1v) is 6.80. The lowest BCUT2D eigenvalue weighted by Gasteiger charge is -2.09. The number of pyridine rings is 1. The second kappa shape index (κ2) is 8.17. The van der Waals surface area contributed by atoms with Gasteiger partial charge in [-0.3, -0.25) is 4.79 Å². The van der Waals surface area contributed by atoms with Gasteiger partial charge in [-0.25, -0.2) is 4.98 Å². The van der Waals surface area contributed by atoms with E-state index in [0.29, 0.717) is 29.8 Å². The van der Waals surface area contributed by atoms with Crippen LogP contribution < -0.4 is 5.32 Å². The zero-order chi connectivity index (χ0) is 16.6. The molecule has 0 saturated heterocycles. The van der Waals surface area contributed by atoms with Gasteiger partial charge in [-0.2, -0.15) is 13.2 Å². The van der Waals surface area contributed by atoms with Crippen LogP contribution in [-0.2, 0) is 12.7 Å². The van der Waals surface area contributed by atoms with E-state index in [9.17, 15) is 18.0 Å². The van der Waals surface area contributed by atoms with E-state index in [1.165, 1.54) is 18.3 Å². The average molecular weight is 310 g/mol. The van der Waals surface area contributed by atoms with Gasteiger partial charge in [0.25, 0.3) is 0 Å². The third-order valence-corrected chi connectivity index (χ3v) is 2.68. The minimum atomic E-state index is -4.32. The number of anilines is 1. The average Bonchev–Trinajstić information content (AvgIpc) is 2.55. The summed E-state index contributed by atoms with van der Waals surface area (Å²) in [5.74, 6) is 0.551. The summed E-state index contributed by atoms with van der Waals surface area (Å²) in [5.41, 5.74) is 0.499. The molecule has 1 aromatic heterocycles. The predicted octanol–water partition coefficient (Wildman–Crippen LogP) is 4.55. The molecular weight excluding hydrogens is 293 g/mol. The van der Waals surface area contributed by atoms with Crippen LogP contribution in [0, 0.1) is 0 Å². The predicted molar refractivity (Wildman–Crippen MR) is 79.7 cm³/mol. The molecule has 0 bridgehead atoms. The van der Waals surface area contributed by atoms with E-state index in [0.717, 1.165) is 12.1 Å². The highest BCUT2D eigenvalue weighted by atomic mass is 19.4. The highest BCUT2D eigenvalue weighted by Crippen LogP contribution is 2.29. The van der Waals surface area contributed by atoms with Crippen molar-refractivity contribution < 1.29 is 18.0 Å². The Morgan fingerprint density at radius 2 is 1.73 bits per heavy atom. The summed E-state index contributed by atoms with van der Waals surface area (Å²) >= 11 is 0. The molecule has 1 aromatic carbocycles. The molecule has 1 N–H and O–H groups in total. The second-order valence-electron chi connectivity index (χ2n) is 4.14. The first-order chi connectivity index (χ1) is 10.5. The van der Waals surface area contributed by atoms with E-state index in [2.05, 4.69) is 10.3 Å². The molecule has 0 saturated carbocycles. The van der Waals surface area contributed by atoms with Gasteiger partial charge in [-0.05, 0) is 29.8 Å². The standard InChI is InChI=1S/C14H11F3N2O.C2H6/c15-14(16,17)12-4-1-10(2-5-12)7-18-13-6-3-11(9-20)8-19-13;1-2/h1-6,8-9H,7H2,(H,18,19);1-2H3. The summed E-state index contributed by atoms with van der Waals surface area (Å²) < 4.78 is 37.2. The number of alkyl halides is 3. The van der Waals surface area contributed by atoms with Gasteiger partial charge in [0.1, 0.15) is 5.82 Å². The van der Waals surface area contributed by atoms with Crippen LogP contribution in [0.2, 0.25) is 0 Å². The van der Waals surface area contributed by atoms with Crippen LogP contribution in [0.5, 0.6) is 0 Å². The minimum Gasteiger partial charge on any atom is -0.366 e. The fourth-order valence-electron chi connectivity index (χ4n) is 1.58. The Balaban J connectivity index is 0.00000116. The molecule has 22 heavy (non-hydrogen) atoms. The van der Waals surface area contributed by atoms with Crippen molar-refractivity contribution >= 4 is 12.1 Å². The summed E-state index contributed by atoms with van der Waals surface area (Å²) in [4.78, 5) is 14.5. The molecule has 6 heteroatoms. The summed E-state index contributed by atoms with van der Waals surface area (Å²) in [6, 6.07) is 8.15. The Bertz CT molecular complexity index is 578. The summed E-state index contributed by atoms with van der Waals surface area (Å²) in [6.07, 6.45) is -2.22. The van der Waals surface area contributed by atoms with Crippen LogP contribution in [0.3, 0.4) is 0 Å². The smallest absolute Gasteiger partial charge is 0.366 e. The number of hydrogen-bond acceptors (Lipinski definition) is 3. The number of carbonyl (C=O) groups is 1. The molecule has 1 heterocycles. The number of rotatable bonds is 4. The summed E-state index contributed by atoms with van der Waals surface area (Å²) in [6.45, 7) is 4.35. The fourth-order valence-corrected chi connectivity index (χ4v) is 1.58. The molecule has 0 spiro atoms. The maximum atomic E-state index is 12.4. The van der Waals surface area contributed by atoms with Gasteiger partial charge in [0.15, 0.2) is 6.29 Å². The molecule has 0 fully saturated rings. The van der Waals surface area contributed by atoms with Gasteiger partial charge in [-0.15, -0.1) is 0 Å². The van der Waals surface area contributed by atoms with E-state index in [1.807, 2.05) is 13.8 Å². The van der Waals surface area contributed by atoms with Gasteiger partial charge in [-0.1, -0.05) is 26.0 Å². The first kappa shape index (κ1) is 17.7. The molecule has 0 atom stereocenters. The van der Waals surface area contributed by atoms with Gasteiger partial charge in [0.2, 0.25) is 0 Å². The molecule has 0 aliphatic rings. The van der Waals surface area contributed by atoms with Gasteiger partial charge >= 0.3 is 6.18 Å². The van der Waals surface area contributed by atoms with Crippen LogP contribution in [0.4, 0.5) is 19.0 Å². The Hall–Kier alpha value is -2.37. The van der Waals surface area contributed by atoms with Crippen molar-refractivity contribution in [3.63, 3.8) is 0 Å². The van der Waals surface area contributed by atoms with Crippen molar-refractivity contribution in [3.8, 4) is 0 Å². The molecule has 0 unspecified atom stereocenters. The zero-order valence-corrected chi connectivity index (χ0v) is 12.3. The topological polar surface area (TPSA) is 42.0 Å². The number of halogens is 3. The van der Waals surface area contributed by atoms with Crippen LogP contribution in [0.15, 0.2) is 42.6 Å². The Labute approximate surface area is 127 Å². The maximum Gasteiger partial charge on any atom is 0.416 e. The largest absolute Gasteiger partial charge is 0.416 e. The number of nitrogens with zero attached hydrogens (tertiary/aromatic N) is 1. The highest BCUT2D eigenvalue weighted by Gasteiger charge is 2.29. The fraction of sp³-hybridized carbons (Fsp3) is 0.250. The Morgan fingerprint density at radius 3 is 2.18 bits per heavy atom. The van der Waals surface area contributed by atoms with E-state index in [4.69, 9.17) is 0 Å². The number of carbonyl (C=O) groups excluding carboxylic acids is 1. The molecule has 0 aliphatic heterocycles. The molecular formula is C16H17F3N2O. The van der Waals surface area contributed by atoms with Crippen molar-refractivity contribution in [2.45, 2.75) is 26.6 Å². The van der Waals surface area contributed by atoms with Crippen LogP contribution in [0.25, 0.3) is 0 Å². The zero-order valence-electron chi connectivity index (χ0n) is 12.3. The number of hydrogen-bond donors (Lipinski definition) is 1. The lowest BCUT2D eigenvalue weighted by atomic mass is 10.1. The molecule has 2 rings (SSSR count). The van der Waals surface area contributed by atoms with E-state index >= 15 is 0 Å². The van der Waals surface area contributed by atoms with Crippen molar-refractivity contribution in [1.82, 2.24) is 4.98 Å². The third-order valence-electron chi connectivity index (χ3n) is 2.68. The molecule has 3 nitrogen and oxygen atoms in total. The van der Waals surface area contributed by atoms with Gasteiger partial charge in [0, 0.05) is 18.3 Å². The lowest BCUT2D eigenvalue weighted by molar-refractivity contribution is -0.137. The van der Waals surface area contributed by atoms with Gasteiger partial charge in [0.05, 0.1) is 5.56 Å². The van der Waals surface area contributed by atoms with Crippen molar-refractivity contribution in [2.24, 2.45) is 0 Å². The van der Waals surface area contributed by atoms with Crippen LogP contribution in [0.1, 0.15) is 35.3 Å². The van der Waals surface area contributed by atoms with Crippen molar-refractivity contribution in [2.75, 3.05) is 5.32 Å². The third kappa shape index (κ3) is 5.20. The number of benzene rings is 1. The van der Waals surface area contributed by atoms with E-state index in [1.54, 1.807) is 12.1 Å². The van der Waals surface area contributed by atoms with Crippen LogP contribution >= 0.6 is 0 Å². The number of nitrogens with one attached hydrogen (secondary N) is 1. The Kier molecular flexibility index (Phi) is 6.56. The first-order valence-electron chi connectivity index (χ1n) is 6.80. The van der Waals surface area contributed by atoms with Crippen molar-refractivity contribution in [3.05, 3.63) is 59.3 Å². The molecule has 2 aromatic rings. The molecule has 0 radical (unpaired) electrons. The number of aldehydes is 1. The van der Waals surface area contributed by atoms with E-state index < -0.39 is 11.7 Å². The maximum absolute atomic E-state index is 12.4. The SMILES string of the molecule is CC.O=Cc1ccc(NCc2ccc(C(F)(F)F)cc2)nc1. The number of aromatic nitrogens is 1. The van der Waals surface area contributed by atoms with Gasteiger partial charge < -0.3 is 5.32 Å². The van der Waals surface area contributed by atoms with Crippen molar-refractivity contribution in [1.29, 1.82) is 0 Å². The lowest BCUT2D eigenvalue weighted by Crippen LogP contribution is -2.06. The van der Waals surface area contributed by atoms with E-state index in [-0.39, 0.29) is 0 Å². The summed E-state index contributed by atoms with van der Waals surface area (Å²) in [7, 11) is 0. The molecule has 118 valence electrons. The quantitative estimate of drug-likeness (QED) is 0.842. The molecule has 0 aliphatic carbocycles. The monoisotopic (exact) mass is 310 g/mol. The minimum absolute atomic E-state index is 0.353. The second-order valence-corrected chi connectivity index (χ2v) is 4.14. The molecule has 0 amide bonds.